The lowest BCUT2D eigenvalue weighted by Crippen LogP contribution is -2.45. The van der Waals surface area contributed by atoms with E-state index in [4.69, 9.17) is 11.6 Å². The molecule has 0 bridgehead atoms. The first-order valence-corrected chi connectivity index (χ1v) is 7.99. The Balaban J connectivity index is 0.00000176. The third kappa shape index (κ3) is 3.97. The third-order valence-electron chi connectivity index (χ3n) is 3.58. The Bertz CT molecular complexity index is 610. The van der Waals surface area contributed by atoms with Gasteiger partial charge < -0.3 is 5.32 Å². The fourth-order valence-electron chi connectivity index (χ4n) is 2.70. The second-order valence-electron chi connectivity index (χ2n) is 5.03. The van der Waals surface area contributed by atoms with Crippen LogP contribution in [-0.2, 0) is 0 Å². The van der Waals surface area contributed by atoms with E-state index >= 15 is 0 Å². The quantitative estimate of drug-likeness (QED) is 0.881. The molecule has 22 heavy (non-hydrogen) atoms. The molecule has 1 fully saturated rings. The lowest BCUT2D eigenvalue weighted by Gasteiger charge is -2.34. The predicted octanol–water partition coefficient (Wildman–Crippen LogP) is 4.10. The highest BCUT2D eigenvalue weighted by molar-refractivity contribution is 7.16. The molecule has 120 valence electrons. The molecule has 0 aliphatic carbocycles. The van der Waals surface area contributed by atoms with Crippen molar-refractivity contribution in [2.45, 2.75) is 6.04 Å². The van der Waals surface area contributed by atoms with Gasteiger partial charge in [0.05, 0.1) is 10.4 Å². The molecule has 2 heterocycles. The van der Waals surface area contributed by atoms with Crippen LogP contribution >= 0.6 is 35.3 Å². The van der Waals surface area contributed by atoms with Crippen LogP contribution in [0.5, 0.6) is 0 Å². The number of rotatable bonds is 3. The molecule has 2 aromatic rings. The molecule has 0 unspecified atom stereocenters. The van der Waals surface area contributed by atoms with E-state index in [1.54, 1.807) is 0 Å². The first-order chi connectivity index (χ1) is 10.1. The van der Waals surface area contributed by atoms with Gasteiger partial charge in [-0.05, 0) is 29.8 Å². The number of nitrogens with zero attached hydrogens (tertiary/aromatic N) is 1. The van der Waals surface area contributed by atoms with Gasteiger partial charge in [0.15, 0.2) is 0 Å². The van der Waals surface area contributed by atoms with Crippen molar-refractivity contribution in [2.24, 2.45) is 0 Å². The molecule has 7 heteroatoms. The number of hydrogen-bond donors (Lipinski definition) is 1. The molecule has 0 spiro atoms. The average molecular weight is 365 g/mol. The Hall–Kier alpha value is -0.720. The minimum atomic E-state index is -0.548. The van der Waals surface area contributed by atoms with Crippen LogP contribution < -0.4 is 5.32 Å². The van der Waals surface area contributed by atoms with E-state index in [0.29, 0.717) is 9.90 Å². The first kappa shape index (κ1) is 17.6. The summed E-state index contributed by atoms with van der Waals surface area (Å²) in [5.74, 6) is -1.10. The molecule has 1 aromatic carbocycles. The Morgan fingerprint density at radius 2 is 1.73 bits per heavy atom. The van der Waals surface area contributed by atoms with Gasteiger partial charge in [-0.15, -0.1) is 23.7 Å². The molecule has 1 aliphatic heterocycles. The van der Waals surface area contributed by atoms with Crippen molar-refractivity contribution in [1.29, 1.82) is 0 Å². The maximum atomic E-state index is 13.6. The number of halogens is 4. The molecule has 0 saturated carbocycles. The van der Waals surface area contributed by atoms with Crippen molar-refractivity contribution in [2.75, 3.05) is 26.2 Å². The Kier molecular flexibility index (Phi) is 6.17. The molecular formula is C15H16Cl2F2N2S. The molecule has 0 radical (unpaired) electrons. The van der Waals surface area contributed by atoms with Crippen LogP contribution in [0.15, 0.2) is 30.3 Å². The lowest BCUT2D eigenvalue weighted by atomic mass is 10.0. The molecule has 3 rings (SSSR count). The summed E-state index contributed by atoms with van der Waals surface area (Å²) in [6.07, 6.45) is 0. The maximum Gasteiger partial charge on any atom is 0.126 e. The standard InChI is InChI=1S/C15H15ClF2N2S.ClH/c16-14-2-1-13(21-14)15(20-5-3-19-4-6-20)10-7-11(17)9-12(18)8-10;/h1-2,7-9,15,19H,3-6H2;1H/t15-;/m1./s1. The van der Waals surface area contributed by atoms with Crippen LogP contribution in [0.4, 0.5) is 8.78 Å². The number of benzene rings is 1. The van der Waals surface area contributed by atoms with Gasteiger partial charge in [0.1, 0.15) is 11.6 Å². The number of piperazine rings is 1. The van der Waals surface area contributed by atoms with E-state index in [2.05, 4.69) is 10.2 Å². The number of hydrogen-bond acceptors (Lipinski definition) is 3. The Morgan fingerprint density at radius 1 is 1.09 bits per heavy atom. The summed E-state index contributed by atoms with van der Waals surface area (Å²) in [7, 11) is 0. The zero-order chi connectivity index (χ0) is 14.8. The molecule has 2 nitrogen and oxygen atoms in total. The molecule has 1 atom stereocenters. The van der Waals surface area contributed by atoms with Gasteiger partial charge in [0, 0.05) is 37.1 Å². The van der Waals surface area contributed by atoms with Crippen molar-refractivity contribution in [3.05, 3.63) is 56.7 Å². The molecule has 1 N–H and O–H groups in total. The second kappa shape index (κ2) is 7.70. The van der Waals surface area contributed by atoms with E-state index < -0.39 is 11.6 Å². The minimum Gasteiger partial charge on any atom is -0.314 e. The maximum absolute atomic E-state index is 13.6. The summed E-state index contributed by atoms with van der Waals surface area (Å²) in [5, 5.41) is 3.29. The van der Waals surface area contributed by atoms with Crippen molar-refractivity contribution in [3.63, 3.8) is 0 Å². The molecule has 1 aliphatic rings. The van der Waals surface area contributed by atoms with E-state index in [1.807, 2.05) is 12.1 Å². The van der Waals surface area contributed by atoms with Crippen molar-refractivity contribution in [3.8, 4) is 0 Å². The summed E-state index contributed by atoms with van der Waals surface area (Å²) in [6, 6.07) is 7.32. The topological polar surface area (TPSA) is 15.3 Å². The van der Waals surface area contributed by atoms with Gasteiger partial charge >= 0.3 is 0 Å². The van der Waals surface area contributed by atoms with Crippen LogP contribution in [0.2, 0.25) is 4.34 Å². The van der Waals surface area contributed by atoms with Gasteiger partial charge in [-0.1, -0.05) is 11.6 Å². The summed E-state index contributed by atoms with van der Waals surface area (Å²) in [4.78, 5) is 3.24. The highest BCUT2D eigenvalue weighted by Gasteiger charge is 2.26. The minimum absolute atomic E-state index is 0. The smallest absolute Gasteiger partial charge is 0.126 e. The van der Waals surface area contributed by atoms with Crippen LogP contribution in [0.1, 0.15) is 16.5 Å². The van der Waals surface area contributed by atoms with E-state index in [0.717, 1.165) is 37.1 Å². The fourth-order valence-corrected chi connectivity index (χ4v) is 3.93. The van der Waals surface area contributed by atoms with E-state index in [-0.39, 0.29) is 18.4 Å². The predicted molar refractivity (Wildman–Crippen MR) is 89.2 cm³/mol. The van der Waals surface area contributed by atoms with Crippen LogP contribution in [0, 0.1) is 11.6 Å². The number of nitrogens with one attached hydrogen (secondary N) is 1. The first-order valence-electron chi connectivity index (χ1n) is 6.79. The third-order valence-corrected chi connectivity index (χ3v) is 4.86. The van der Waals surface area contributed by atoms with Gasteiger partial charge in [-0.3, -0.25) is 4.90 Å². The van der Waals surface area contributed by atoms with Gasteiger partial charge in [0.2, 0.25) is 0 Å². The Labute approximate surface area is 143 Å². The lowest BCUT2D eigenvalue weighted by molar-refractivity contribution is 0.200. The summed E-state index contributed by atoms with van der Waals surface area (Å²) in [6.45, 7) is 3.40. The fraction of sp³-hybridized carbons (Fsp3) is 0.333. The summed E-state index contributed by atoms with van der Waals surface area (Å²) < 4.78 is 27.8. The monoisotopic (exact) mass is 364 g/mol. The number of thiophene rings is 1. The summed E-state index contributed by atoms with van der Waals surface area (Å²) >= 11 is 7.49. The van der Waals surface area contributed by atoms with Gasteiger partial charge in [0.25, 0.3) is 0 Å². The molecular weight excluding hydrogens is 349 g/mol. The van der Waals surface area contributed by atoms with Gasteiger partial charge in [-0.2, -0.15) is 0 Å². The van der Waals surface area contributed by atoms with Crippen LogP contribution in [0.3, 0.4) is 0 Å². The van der Waals surface area contributed by atoms with Crippen LogP contribution in [0.25, 0.3) is 0 Å². The van der Waals surface area contributed by atoms with E-state index in [1.165, 1.54) is 23.5 Å². The van der Waals surface area contributed by atoms with Crippen molar-refractivity contribution in [1.82, 2.24) is 10.2 Å². The zero-order valence-corrected chi connectivity index (χ0v) is 14.1. The SMILES string of the molecule is Cl.Fc1cc(F)cc([C@H](c2ccc(Cl)s2)N2CCNCC2)c1. The molecule has 0 amide bonds. The largest absolute Gasteiger partial charge is 0.314 e. The van der Waals surface area contributed by atoms with Crippen molar-refractivity contribution < 1.29 is 8.78 Å². The van der Waals surface area contributed by atoms with E-state index in [9.17, 15) is 8.78 Å². The van der Waals surface area contributed by atoms with Crippen LogP contribution in [-0.4, -0.2) is 31.1 Å². The zero-order valence-electron chi connectivity index (χ0n) is 11.7. The molecule has 1 saturated heterocycles. The average Bonchev–Trinajstić information content (AvgIpc) is 2.85. The highest BCUT2D eigenvalue weighted by Crippen LogP contribution is 2.35. The van der Waals surface area contributed by atoms with Gasteiger partial charge in [-0.25, -0.2) is 8.78 Å². The second-order valence-corrected chi connectivity index (χ2v) is 6.78. The summed E-state index contributed by atoms with van der Waals surface area (Å²) in [5.41, 5.74) is 0.632. The van der Waals surface area contributed by atoms with Crippen molar-refractivity contribution >= 4 is 35.3 Å². The molecule has 1 aromatic heterocycles. The normalized spacial score (nSPS) is 17.0. The Morgan fingerprint density at radius 3 is 2.27 bits per heavy atom. The highest BCUT2D eigenvalue weighted by atomic mass is 35.5.